The zero-order valence-electron chi connectivity index (χ0n) is 16.0. The van der Waals surface area contributed by atoms with Crippen LogP contribution in [0.4, 0.5) is 0 Å². The molecule has 0 saturated carbocycles. The quantitative estimate of drug-likeness (QED) is 0.256. The molecule has 1 heterocycles. The number of benzene rings is 3. The zero-order valence-corrected chi connectivity index (χ0v) is 18.3. The summed E-state index contributed by atoms with van der Waals surface area (Å²) in [5.41, 5.74) is 0.524. The Bertz CT molecular complexity index is 1090. The van der Waals surface area contributed by atoms with Gasteiger partial charge in [0.2, 0.25) is 5.88 Å². The summed E-state index contributed by atoms with van der Waals surface area (Å²) >= 11 is 17.9. The summed E-state index contributed by atoms with van der Waals surface area (Å²) < 4.78 is 18.0. The predicted molar refractivity (Wildman–Crippen MR) is 123 cm³/mol. The van der Waals surface area contributed by atoms with Crippen LogP contribution in [0, 0.1) is 0 Å². The monoisotopic (exact) mass is 471 g/mol. The van der Waals surface area contributed by atoms with E-state index < -0.39 is 6.29 Å². The maximum absolute atomic E-state index is 6.06. The highest BCUT2D eigenvalue weighted by molar-refractivity contribution is 6.31. The van der Waals surface area contributed by atoms with E-state index >= 15 is 0 Å². The first kappa shape index (κ1) is 21.3. The molecule has 0 unspecified atom stereocenters. The van der Waals surface area contributed by atoms with Crippen LogP contribution in [0.5, 0.6) is 23.1 Å². The van der Waals surface area contributed by atoms with Crippen molar-refractivity contribution >= 4 is 34.8 Å². The molecular weight excluding hydrogens is 457 g/mol. The van der Waals surface area contributed by atoms with E-state index in [1.54, 1.807) is 84.9 Å². The van der Waals surface area contributed by atoms with Gasteiger partial charge in [0.15, 0.2) is 0 Å². The Morgan fingerprint density at radius 2 is 1.00 bits per heavy atom. The molecule has 4 nitrogen and oxygen atoms in total. The lowest BCUT2D eigenvalue weighted by molar-refractivity contribution is 0.0000300. The molecule has 31 heavy (non-hydrogen) atoms. The van der Waals surface area contributed by atoms with Crippen LogP contribution < -0.4 is 14.2 Å². The number of halogens is 3. The minimum Gasteiger partial charge on any atom is -0.449 e. The molecule has 0 aliphatic rings. The fourth-order valence-corrected chi connectivity index (χ4v) is 3.04. The average molecular weight is 473 g/mol. The van der Waals surface area contributed by atoms with Gasteiger partial charge in [-0.15, -0.1) is 0 Å². The summed E-state index contributed by atoms with van der Waals surface area (Å²) in [6.07, 6.45) is -0.837. The minimum atomic E-state index is -0.837. The van der Waals surface area contributed by atoms with Gasteiger partial charge >= 0.3 is 0 Å². The first-order chi connectivity index (χ1) is 15.0. The van der Waals surface area contributed by atoms with E-state index in [2.05, 4.69) is 4.98 Å². The molecule has 0 radical (unpaired) electrons. The minimum absolute atomic E-state index is 0.393. The van der Waals surface area contributed by atoms with E-state index in [1.165, 1.54) is 0 Å². The first-order valence-corrected chi connectivity index (χ1v) is 10.4. The lowest BCUT2D eigenvalue weighted by Gasteiger charge is -2.20. The second-order valence-electron chi connectivity index (χ2n) is 6.43. The Kier molecular flexibility index (Phi) is 6.82. The summed E-state index contributed by atoms with van der Waals surface area (Å²) in [6.45, 7) is 0. The number of ether oxygens (including phenoxy) is 3. The van der Waals surface area contributed by atoms with Crippen molar-refractivity contribution in [1.29, 1.82) is 0 Å². The highest BCUT2D eigenvalue weighted by Crippen LogP contribution is 2.29. The molecule has 0 N–H and O–H groups in total. The predicted octanol–water partition coefficient (Wildman–Crippen LogP) is 7.99. The van der Waals surface area contributed by atoms with Gasteiger partial charge in [-0.2, -0.15) is 0 Å². The van der Waals surface area contributed by atoms with E-state index in [0.29, 0.717) is 43.9 Å². The van der Waals surface area contributed by atoms with Crippen molar-refractivity contribution in [3.63, 3.8) is 0 Å². The van der Waals surface area contributed by atoms with Crippen LogP contribution in [-0.2, 0) is 0 Å². The molecule has 3 aromatic carbocycles. The normalized spacial score (nSPS) is 10.7. The smallest absolute Gasteiger partial charge is 0.284 e. The van der Waals surface area contributed by atoms with E-state index in [0.717, 1.165) is 0 Å². The van der Waals surface area contributed by atoms with Crippen LogP contribution in [0.3, 0.4) is 0 Å². The van der Waals surface area contributed by atoms with Crippen molar-refractivity contribution in [3.8, 4) is 23.1 Å². The van der Waals surface area contributed by atoms with Crippen LogP contribution in [-0.4, -0.2) is 4.98 Å². The van der Waals surface area contributed by atoms with Crippen molar-refractivity contribution in [2.75, 3.05) is 0 Å². The second-order valence-corrected chi connectivity index (χ2v) is 7.74. The molecule has 0 atom stereocenters. The molecule has 156 valence electrons. The third-order valence-electron chi connectivity index (χ3n) is 4.14. The van der Waals surface area contributed by atoms with Gasteiger partial charge in [-0.3, -0.25) is 0 Å². The fraction of sp³-hybridized carbons (Fsp3) is 0.0417. The summed E-state index contributed by atoms with van der Waals surface area (Å²) in [5.74, 6) is 2.16. The summed E-state index contributed by atoms with van der Waals surface area (Å²) in [4.78, 5) is 4.56. The highest BCUT2D eigenvalue weighted by atomic mass is 35.5. The Labute approximate surface area is 194 Å². The number of rotatable bonds is 7. The van der Waals surface area contributed by atoms with Crippen LogP contribution in [0.2, 0.25) is 15.1 Å². The molecule has 0 spiro atoms. The lowest BCUT2D eigenvalue weighted by Crippen LogP contribution is -2.16. The molecule has 0 fully saturated rings. The third-order valence-corrected chi connectivity index (χ3v) is 4.89. The van der Waals surface area contributed by atoms with Crippen LogP contribution in [0.25, 0.3) is 0 Å². The van der Waals surface area contributed by atoms with Gasteiger partial charge in [-0.25, -0.2) is 4.98 Å². The molecular formula is C24H16Cl3NO3. The maximum Gasteiger partial charge on any atom is 0.284 e. The van der Waals surface area contributed by atoms with Gasteiger partial charge in [0.05, 0.1) is 0 Å². The summed E-state index contributed by atoms with van der Waals surface area (Å²) in [7, 11) is 0. The van der Waals surface area contributed by atoms with Crippen LogP contribution >= 0.6 is 34.8 Å². The Balaban J connectivity index is 1.60. The maximum atomic E-state index is 6.06. The fourth-order valence-electron chi connectivity index (χ4n) is 2.66. The third kappa shape index (κ3) is 6.05. The molecule has 0 saturated heterocycles. The van der Waals surface area contributed by atoms with Gasteiger partial charge in [0.25, 0.3) is 6.29 Å². The number of nitrogens with zero attached hydrogens (tertiary/aromatic N) is 1. The van der Waals surface area contributed by atoms with Crippen molar-refractivity contribution in [1.82, 2.24) is 4.98 Å². The van der Waals surface area contributed by atoms with Gasteiger partial charge < -0.3 is 14.2 Å². The second kappa shape index (κ2) is 9.92. The van der Waals surface area contributed by atoms with E-state index in [-0.39, 0.29) is 0 Å². The van der Waals surface area contributed by atoms with Crippen molar-refractivity contribution in [2.45, 2.75) is 6.29 Å². The molecule has 0 aliphatic carbocycles. The largest absolute Gasteiger partial charge is 0.449 e. The number of hydrogen-bond donors (Lipinski definition) is 0. The molecule has 0 amide bonds. The zero-order chi connectivity index (χ0) is 21.6. The number of aromatic nitrogens is 1. The molecule has 0 bridgehead atoms. The SMILES string of the molecule is Clc1ccc(Oc2cccc(C(Oc3ccc(Cl)cc3)Oc3ccc(Cl)cc3)n2)cc1. The topological polar surface area (TPSA) is 40.6 Å². The van der Waals surface area contributed by atoms with Gasteiger partial charge in [0, 0.05) is 21.1 Å². The van der Waals surface area contributed by atoms with Crippen LogP contribution in [0.1, 0.15) is 12.0 Å². The average Bonchev–Trinajstić information content (AvgIpc) is 2.78. The Morgan fingerprint density at radius 3 is 1.48 bits per heavy atom. The van der Waals surface area contributed by atoms with E-state index in [9.17, 15) is 0 Å². The Hall–Kier alpha value is -2.92. The van der Waals surface area contributed by atoms with Gasteiger partial charge in [-0.1, -0.05) is 40.9 Å². The molecule has 4 rings (SSSR count). The van der Waals surface area contributed by atoms with Gasteiger partial charge in [0.1, 0.15) is 22.9 Å². The van der Waals surface area contributed by atoms with Crippen LogP contribution in [0.15, 0.2) is 91.0 Å². The number of hydrogen-bond acceptors (Lipinski definition) is 4. The lowest BCUT2D eigenvalue weighted by atomic mass is 10.3. The summed E-state index contributed by atoms with van der Waals surface area (Å²) in [6, 6.07) is 26.4. The van der Waals surface area contributed by atoms with Crippen molar-refractivity contribution < 1.29 is 14.2 Å². The number of pyridine rings is 1. The molecule has 0 aliphatic heterocycles. The molecule has 4 aromatic rings. The van der Waals surface area contributed by atoms with E-state index in [4.69, 9.17) is 49.0 Å². The van der Waals surface area contributed by atoms with Crippen molar-refractivity contribution in [3.05, 3.63) is 112 Å². The Morgan fingerprint density at radius 1 is 0.548 bits per heavy atom. The highest BCUT2D eigenvalue weighted by Gasteiger charge is 2.18. The standard InChI is InChI=1S/C24H16Cl3NO3/c25-16-4-10-19(11-5-16)29-23-3-1-2-22(28-23)24(30-20-12-6-17(26)7-13-20)31-21-14-8-18(27)9-15-21/h1-15,24H. The molecule has 7 heteroatoms. The van der Waals surface area contributed by atoms with Gasteiger partial charge in [-0.05, 0) is 78.9 Å². The van der Waals surface area contributed by atoms with E-state index in [1.807, 2.05) is 6.07 Å². The van der Waals surface area contributed by atoms with Crippen molar-refractivity contribution in [2.24, 2.45) is 0 Å². The summed E-state index contributed by atoms with van der Waals surface area (Å²) in [5, 5.41) is 1.85. The molecule has 1 aromatic heterocycles. The first-order valence-electron chi connectivity index (χ1n) is 9.30.